The molecule has 226 valence electrons. The van der Waals surface area contributed by atoms with E-state index in [9.17, 15) is 40.7 Å². The van der Waals surface area contributed by atoms with Crippen molar-refractivity contribution in [2.24, 2.45) is 0 Å². The zero-order valence-corrected chi connectivity index (χ0v) is 22.6. The molecule has 41 heavy (non-hydrogen) atoms. The number of hydrogen-bond donors (Lipinski definition) is 1. The summed E-state index contributed by atoms with van der Waals surface area (Å²) in [6.45, 7) is 3.11. The fraction of sp³-hybridized carbons (Fsp3) is 0.500. The van der Waals surface area contributed by atoms with Gasteiger partial charge in [0.15, 0.2) is 17.3 Å². The van der Waals surface area contributed by atoms with E-state index in [1.54, 1.807) is 0 Å². The number of ether oxygens (including phenoxy) is 3. The Morgan fingerprint density at radius 1 is 1.02 bits per heavy atom. The topological polar surface area (TPSA) is 112 Å². The van der Waals surface area contributed by atoms with Crippen molar-refractivity contribution in [2.45, 2.75) is 71.3 Å². The fourth-order valence-electron chi connectivity index (χ4n) is 4.02. The molecule has 1 aromatic carbocycles. The smallest absolute Gasteiger partial charge is 0.431 e. The standard InChI is InChI=1S/C24H25ClF6N4O6/c1-11(2)39-23(38)41-12(3)40-21(37)20-18-10-34(4-5-35(18)22(32-20)24(29,30)31)19(36)8-14(33-25)6-13-7-16(27)17(28)9-15(13)26/h7,9,11-12,14,33H,4-6,8,10H2,1-3H3. The highest BCUT2D eigenvalue weighted by Crippen LogP contribution is 2.33. The van der Waals surface area contributed by atoms with Gasteiger partial charge in [-0.3, -0.25) is 4.79 Å². The minimum Gasteiger partial charge on any atom is -0.431 e. The van der Waals surface area contributed by atoms with Crippen molar-refractivity contribution in [1.29, 1.82) is 0 Å². The molecule has 0 fully saturated rings. The third kappa shape index (κ3) is 8.03. The second kappa shape index (κ2) is 13.0. The third-order valence-electron chi connectivity index (χ3n) is 5.80. The Bertz CT molecular complexity index is 1300. The first-order chi connectivity index (χ1) is 19.1. The predicted molar refractivity (Wildman–Crippen MR) is 128 cm³/mol. The molecule has 1 N–H and O–H groups in total. The van der Waals surface area contributed by atoms with Crippen LogP contribution in [0.3, 0.4) is 0 Å². The molecule has 0 aliphatic carbocycles. The van der Waals surface area contributed by atoms with Gasteiger partial charge in [0.2, 0.25) is 18.0 Å². The zero-order valence-electron chi connectivity index (χ0n) is 21.9. The molecule has 17 heteroatoms. The first kappa shape index (κ1) is 32.0. The van der Waals surface area contributed by atoms with Crippen molar-refractivity contribution in [1.82, 2.24) is 19.3 Å². The monoisotopic (exact) mass is 614 g/mol. The normalized spacial score (nSPS) is 14.9. The number of carbonyl (C=O) groups is 3. The number of nitrogens with one attached hydrogen (secondary N) is 1. The number of benzene rings is 1. The highest BCUT2D eigenvalue weighted by atomic mass is 35.5. The molecule has 0 radical (unpaired) electrons. The van der Waals surface area contributed by atoms with Gasteiger partial charge in [0.05, 0.1) is 18.3 Å². The Morgan fingerprint density at radius 3 is 2.29 bits per heavy atom. The largest absolute Gasteiger partial charge is 0.511 e. The lowest BCUT2D eigenvalue weighted by atomic mass is 10.0. The summed E-state index contributed by atoms with van der Waals surface area (Å²) in [5, 5.41) is 0. The predicted octanol–water partition coefficient (Wildman–Crippen LogP) is 4.47. The van der Waals surface area contributed by atoms with Gasteiger partial charge in [0.25, 0.3) is 0 Å². The number of aromatic nitrogens is 2. The number of amides is 1. The highest BCUT2D eigenvalue weighted by Gasteiger charge is 2.42. The number of rotatable bonds is 9. The van der Waals surface area contributed by atoms with Crippen molar-refractivity contribution in [3.05, 3.63) is 52.4 Å². The van der Waals surface area contributed by atoms with Gasteiger partial charge in [0, 0.05) is 38.5 Å². The van der Waals surface area contributed by atoms with Crippen LogP contribution in [-0.4, -0.2) is 57.5 Å². The van der Waals surface area contributed by atoms with Crippen molar-refractivity contribution in [3.63, 3.8) is 0 Å². The van der Waals surface area contributed by atoms with Crippen LogP contribution in [-0.2, 0) is 44.7 Å². The molecule has 0 spiro atoms. The number of carbonyl (C=O) groups excluding carboxylic acids is 3. The summed E-state index contributed by atoms with van der Waals surface area (Å²) in [6.07, 6.45) is -8.96. The summed E-state index contributed by atoms with van der Waals surface area (Å²) in [7, 11) is 0. The minimum absolute atomic E-state index is 0.213. The first-order valence-electron chi connectivity index (χ1n) is 12.1. The maximum Gasteiger partial charge on any atom is 0.511 e. The summed E-state index contributed by atoms with van der Waals surface area (Å²) in [6, 6.07) is -0.00426. The van der Waals surface area contributed by atoms with E-state index in [4.69, 9.17) is 26.0 Å². The SMILES string of the molecule is CC(C)OC(=O)OC(C)OC(=O)c1nc(C(F)(F)F)n2c1CN(C(=O)CC(Cc1cc(F)c(F)cc1F)NCl)CC2. The Kier molecular flexibility index (Phi) is 10.1. The molecule has 2 unspecified atom stereocenters. The van der Waals surface area contributed by atoms with E-state index >= 15 is 0 Å². The van der Waals surface area contributed by atoms with Crippen molar-refractivity contribution in [2.75, 3.05) is 6.54 Å². The van der Waals surface area contributed by atoms with E-state index in [1.807, 2.05) is 0 Å². The second-order valence-corrected chi connectivity index (χ2v) is 9.49. The van der Waals surface area contributed by atoms with E-state index in [0.29, 0.717) is 12.1 Å². The third-order valence-corrected chi connectivity index (χ3v) is 6.11. The summed E-state index contributed by atoms with van der Waals surface area (Å²) < 4.78 is 97.0. The molecule has 2 heterocycles. The molecular weight excluding hydrogens is 590 g/mol. The van der Waals surface area contributed by atoms with Gasteiger partial charge in [-0.25, -0.2) is 32.6 Å². The van der Waals surface area contributed by atoms with Crippen LogP contribution < -0.4 is 4.84 Å². The van der Waals surface area contributed by atoms with Crippen LogP contribution >= 0.6 is 11.8 Å². The van der Waals surface area contributed by atoms with Crippen LogP contribution in [0.5, 0.6) is 0 Å². The summed E-state index contributed by atoms with van der Waals surface area (Å²) in [5.74, 6) is -7.16. The van der Waals surface area contributed by atoms with E-state index in [2.05, 4.69) is 9.82 Å². The molecule has 0 bridgehead atoms. The van der Waals surface area contributed by atoms with Gasteiger partial charge in [-0.05, 0) is 43.7 Å². The lowest BCUT2D eigenvalue weighted by molar-refractivity contribution is -0.148. The molecule has 2 aromatic rings. The molecule has 1 aromatic heterocycles. The Balaban J connectivity index is 1.77. The van der Waals surface area contributed by atoms with E-state index in [0.717, 1.165) is 16.4 Å². The molecule has 10 nitrogen and oxygen atoms in total. The van der Waals surface area contributed by atoms with E-state index < -0.39 is 84.6 Å². The average Bonchev–Trinajstić information content (AvgIpc) is 3.25. The van der Waals surface area contributed by atoms with Crippen LogP contribution in [0.1, 0.15) is 54.8 Å². The van der Waals surface area contributed by atoms with E-state index in [1.165, 1.54) is 13.8 Å². The number of alkyl halides is 3. The maximum atomic E-state index is 14.1. The number of esters is 1. The van der Waals surface area contributed by atoms with Gasteiger partial charge in [-0.2, -0.15) is 13.2 Å². The van der Waals surface area contributed by atoms with Crippen molar-refractivity contribution >= 4 is 29.8 Å². The molecule has 1 aliphatic heterocycles. The number of hydrogen-bond acceptors (Lipinski definition) is 8. The minimum atomic E-state index is -4.95. The van der Waals surface area contributed by atoms with Crippen LogP contribution in [0.2, 0.25) is 0 Å². The number of imidazole rings is 1. The van der Waals surface area contributed by atoms with Crippen LogP contribution in [0.15, 0.2) is 12.1 Å². The highest BCUT2D eigenvalue weighted by molar-refractivity contribution is 6.13. The average molecular weight is 615 g/mol. The Morgan fingerprint density at radius 2 is 1.68 bits per heavy atom. The van der Waals surface area contributed by atoms with Crippen LogP contribution in [0, 0.1) is 17.5 Å². The lowest BCUT2D eigenvalue weighted by Gasteiger charge is -2.30. The Hall–Kier alpha value is -3.53. The number of nitrogens with zero attached hydrogens (tertiary/aromatic N) is 3. The number of halogens is 7. The quantitative estimate of drug-likeness (QED) is 0.145. The molecule has 1 aliphatic rings. The van der Waals surface area contributed by atoms with Crippen molar-refractivity contribution < 1.29 is 54.9 Å². The molecule has 1 amide bonds. The van der Waals surface area contributed by atoms with Gasteiger partial charge < -0.3 is 23.7 Å². The maximum absolute atomic E-state index is 14.1. The van der Waals surface area contributed by atoms with Crippen LogP contribution in [0.25, 0.3) is 0 Å². The summed E-state index contributed by atoms with van der Waals surface area (Å²) in [4.78, 5) is 44.2. The van der Waals surface area contributed by atoms with Crippen LogP contribution in [0.4, 0.5) is 31.1 Å². The summed E-state index contributed by atoms with van der Waals surface area (Å²) in [5.41, 5.74) is -1.31. The molecule has 2 atom stereocenters. The van der Waals surface area contributed by atoms with Crippen molar-refractivity contribution in [3.8, 4) is 0 Å². The molecule has 3 rings (SSSR count). The van der Waals surface area contributed by atoms with Gasteiger partial charge >= 0.3 is 18.3 Å². The fourth-order valence-corrected chi connectivity index (χ4v) is 4.18. The second-order valence-electron chi connectivity index (χ2n) is 9.27. The molecule has 0 saturated heterocycles. The van der Waals surface area contributed by atoms with E-state index in [-0.39, 0.29) is 30.8 Å². The Labute approximate surface area is 234 Å². The number of fused-ring (bicyclic) bond motifs is 1. The van der Waals surface area contributed by atoms with Gasteiger partial charge in [0.1, 0.15) is 5.82 Å². The molecule has 0 saturated carbocycles. The summed E-state index contributed by atoms with van der Waals surface area (Å²) >= 11 is 5.68. The lowest BCUT2D eigenvalue weighted by Crippen LogP contribution is -2.42. The van der Waals surface area contributed by atoms with Gasteiger partial charge in [-0.1, -0.05) is 0 Å². The first-order valence-corrected chi connectivity index (χ1v) is 12.5. The van der Waals surface area contributed by atoms with Gasteiger partial charge in [-0.15, -0.1) is 0 Å². The zero-order chi connectivity index (χ0) is 30.6. The molecular formula is C24H25ClF6N4O6.